The maximum atomic E-state index is 12.1. The number of carbonyl (C=O) groups excluding carboxylic acids is 2. The quantitative estimate of drug-likeness (QED) is 0.0242. The Kier molecular flexibility index (Phi) is 39.1. The zero-order chi connectivity index (χ0) is 39.6. The smallest absolute Gasteiger partial charge is 0.463 e. The van der Waals surface area contributed by atoms with Gasteiger partial charge in [-0.05, 0) is 77.0 Å². The highest BCUT2D eigenvalue weighted by Gasteiger charge is 2.23. The van der Waals surface area contributed by atoms with E-state index < -0.39 is 26.5 Å². The van der Waals surface area contributed by atoms with Gasteiger partial charge in [-0.1, -0.05) is 146 Å². The molecule has 0 fully saturated rings. The molecule has 54 heavy (non-hydrogen) atoms. The minimum atomic E-state index is -4.42. The number of rotatable bonds is 40. The van der Waals surface area contributed by atoms with Crippen molar-refractivity contribution in [1.82, 2.24) is 5.32 Å². The van der Waals surface area contributed by atoms with E-state index in [1.807, 2.05) is 0 Å². The minimum absolute atomic E-state index is 0.0721. The molecule has 3 N–H and O–H groups in total. The van der Waals surface area contributed by atoms with E-state index in [1.165, 1.54) is 77.0 Å². The van der Waals surface area contributed by atoms with Crippen LogP contribution in [0, 0.1) is 0 Å². The summed E-state index contributed by atoms with van der Waals surface area (Å²) in [6.07, 6.45) is 46.1. The van der Waals surface area contributed by atoms with Crippen molar-refractivity contribution in [2.24, 2.45) is 0 Å². The maximum Gasteiger partial charge on any atom is 0.472 e. The molecular formula is C44H80NO8P. The standard InChI is InChI=1S/C44H80NO8P/c1-3-5-7-9-11-13-15-17-19-20-21-22-23-24-26-28-30-32-34-36-43(47)45-38-39-52-54(49,50)53-41-42(46)40-51-44(48)37-35-33-31-29-27-25-18-16-14-12-10-8-6-4-2/h11,13,16-19,21-22,42,46H,3-10,12,14-15,20,23-41H2,1-2H3,(H,45,47)(H,49,50)/b13-11-,18-16-,19-17-,22-21-. The number of hydrogen-bond donors (Lipinski definition) is 3. The molecule has 0 radical (unpaired) electrons. The van der Waals surface area contributed by atoms with Gasteiger partial charge in [0.25, 0.3) is 0 Å². The Morgan fingerprint density at radius 2 is 1.00 bits per heavy atom. The Hall–Kier alpha value is -2.03. The molecule has 2 unspecified atom stereocenters. The highest BCUT2D eigenvalue weighted by molar-refractivity contribution is 7.47. The second-order valence-electron chi connectivity index (χ2n) is 14.3. The van der Waals surface area contributed by atoms with Gasteiger partial charge in [-0.2, -0.15) is 0 Å². The fourth-order valence-corrected chi connectivity index (χ4v) is 6.43. The van der Waals surface area contributed by atoms with E-state index in [1.54, 1.807) is 0 Å². The van der Waals surface area contributed by atoms with Crippen LogP contribution in [0.3, 0.4) is 0 Å². The van der Waals surface area contributed by atoms with Gasteiger partial charge >= 0.3 is 13.8 Å². The molecule has 1 amide bonds. The van der Waals surface area contributed by atoms with Crippen LogP contribution in [0.5, 0.6) is 0 Å². The Morgan fingerprint density at radius 1 is 0.574 bits per heavy atom. The van der Waals surface area contributed by atoms with Gasteiger partial charge in [-0.3, -0.25) is 18.6 Å². The minimum Gasteiger partial charge on any atom is -0.463 e. The summed E-state index contributed by atoms with van der Waals surface area (Å²) in [5.74, 6) is -0.539. The molecule has 314 valence electrons. The number of nitrogens with one attached hydrogen (secondary N) is 1. The summed E-state index contributed by atoms with van der Waals surface area (Å²) in [5.41, 5.74) is 0. The summed E-state index contributed by atoms with van der Waals surface area (Å²) in [7, 11) is -4.42. The van der Waals surface area contributed by atoms with Crippen molar-refractivity contribution in [2.45, 2.75) is 193 Å². The molecule has 0 aliphatic rings. The van der Waals surface area contributed by atoms with E-state index in [9.17, 15) is 24.2 Å². The molecule has 0 aromatic rings. The number of unbranched alkanes of at least 4 members (excludes halogenated alkanes) is 19. The molecule has 9 nitrogen and oxygen atoms in total. The van der Waals surface area contributed by atoms with Crippen LogP contribution in [-0.2, 0) is 27.9 Å². The lowest BCUT2D eigenvalue weighted by molar-refractivity contribution is -0.147. The van der Waals surface area contributed by atoms with Crippen molar-refractivity contribution < 1.29 is 37.9 Å². The molecule has 0 heterocycles. The number of ether oxygens (including phenoxy) is 1. The van der Waals surface area contributed by atoms with Crippen LogP contribution in [0.2, 0.25) is 0 Å². The first-order chi connectivity index (χ1) is 26.3. The molecule has 0 aromatic carbocycles. The number of phosphoric acid groups is 1. The fraction of sp³-hybridized carbons (Fsp3) is 0.773. The molecule has 0 spiro atoms. The number of amides is 1. The van der Waals surface area contributed by atoms with Crippen LogP contribution in [0.4, 0.5) is 0 Å². The molecule has 0 aromatic heterocycles. The number of aliphatic hydroxyl groups excluding tert-OH is 1. The summed E-state index contributed by atoms with van der Waals surface area (Å²) in [6, 6.07) is 0. The molecule has 0 saturated carbocycles. The Bertz CT molecular complexity index is 1030. The third-order valence-electron chi connectivity index (χ3n) is 8.98. The zero-order valence-electron chi connectivity index (χ0n) is 34.4. The number of carbonyl (C=O) groups is 2. The second kappa shape index (κ2) is 40.6. The van der Waals surface area contributed by atoms with Gasteiger partial charge in [0.1, 0.15) is 12.7 Å². The van der Waals surface area contributed by atoms with E-state index in [2.05, 4.69) is 67.8 Å². The monoisotopic (exact) mass is 782 g/mol. The molecular weight excluding hydrogens is 701 g/mol. The topological polar surface area (TPSA) is 131 Å². The SMILES string of the molecule is CCCCC/C=C\C/C=C\C/C=C\CCCCCCCCC(=O)NCCOP(=O)(O)OCC(O)COC(=O)CCCCCCC/C=C\CCCCCCC. The predicted molar refractivity (Wildman–Crippen MR) is 224 cm³/mol. The van der Waals surface area contributed by atoms with Gasteiger partial charge in [0.05, 0.1) is 13.2 Å². The van der Waals surface area contributed by atoms with Gasteiger partial charge in [0.2, 0.25) is 5.91 Å². The van der Waals surface area contributed by atoms with Crippen LogP contribution >= 0.6 is 7.82 Å². The predicted octanol–water partition coefficient (Wildman–Crippen LogP) is 11.9. The largest absolute Gasteiger partial charge is 0.472 e. The molecule has 10 heteroatoms. The Labute approximate surface area is 330 Å². The average Bonchev–Trinajstić information content (AvgIpc) is 3.16. The number of aliphatic hydroxyl groups is 1. The number of allylic oxidation sites excluding steroid dienone is 8. The first-order valence-electron chi connectivity index (χ1n) is 21.6. The number of esters is 1. The van der Waals surface area contributed by atoms with E-state index in [4.69, 9.17) is 13.8 Å². The van der Waals surface area contributed by atoms with Crippen LogP contribution in [-0.4, -0.2) is 54.3 Å². The second-order valence-corrected chi connectivity index (χ2v) is 15.8. The summed E-state index contributed by atoms with van der Waals surface area (Å²) in [5, 5.41) is 12.7. The number of phosphoric ester groups is 1. The van der Waals surface area contributed by atoms with Crippen molar-refractivity contribution >= 4 is 19.7 Å². The maximum absolute atomic E-state index is 12.1. The molecule has 0 saturated heterocycles. The fourth-order valence-electron chi connectivity index (χ4n) is 5.67. The van der Waals surface area contributed by atoms with Crippen molar-refractivity contribution in [2.75, 3.05) is 26.4 Å². The average molecular weight is 782 g/mol. The molecule has 0 bridgehead atoms. The van der Waals surface area contributed by atoms with Gasteiger partial charge in [-0.15, -0.1) is 0 Å². The molecule has 2 atom stereocenters. The Balaban J connectivity index is 3.64. The van der Waals surface area contributed by atoms with Gasteiger partial charge < -0.3 is 20.1 Å². The van der Waals surface area contributed by atoms with Crippen molar-refractivity contribution in [3.05, 3.63) is 48.6 Å². The summed E-state index contributed by atoms with van der Waals surface area (Å²) in [4.78, 5) is 33.9. The third kappa shape index (κ3) is 41.1. The van der Waals surface area contributed by atoms with E-state index >= 15 is 0 Å². The zero-order valence-corrected chi connectivity index (χ0v) is 35.3. The molecule has 0 aliphatic heterocycles. The lowest BCUT2D eigenvalue weighted by Gasteiger charge is -2.15. The van der Waals surface area contributed by atoms with Crippen LogP contribution in [0.15, 0.2) is 48.6 Å². The van der Waals surface area contributed by atoms with Crippen LogP contribution < -0.4 is 5.32 Å². The van der Waals surface area contributed by atoms with Crippen LogP contribution in [0.25, 0.3) is 0 Å². The first-order valence-corrected chi connectivity index (χ1v) is 23.1. The summed E-state index contributed by atoms with van der Waals surface area (Å²) < 4.78 is 26.8. The van der Waals surface area contributed by atoms with Gasteiger partial charge in [-0.25, -0.2) is 4.57 Å². The third-order valence-corrected chi connectivity index (χ3v) is 9.97. The molecule has 0 aliphatic carbocycles. The van der Waals surface area contributed by atoms with E-state index in [0.29, 0.717) is 6.42 Å². The lowest BCUT2D eigenvalue weighted by atomic mass is 10.1. The van der Waals surface area contributed by atoms with E-state index in [-0.39, 0.29) is 32.1 Å². The van der Waals surface area contributed by atoms with E-state index in [0.717, 1.165) is 83.5 Å². The first kappa shape index (κ1) is 52.0. The van der Waals surface area contributed by atoms with Crippen LogP contribution in [0.1, 0.15) is 187 Å². The highest BCUT2D eigenvalue weighted by atomic mass is 31.2. The Morgan fingerprint density at radius 3 is 1.56 bits per heavy atom. The normalized spacial score (nSPS) is 13.8. The van der Waals surface area contributed by atoms with Crippen molar-refractivity contribution in [3.63, 3.8) is 0 Å². The van der Waals surface area contributed by atoms with Gasteiger partial charge in [0.15, 0.2) is 0 Å². The summed E-state index contributed by atoms with van der Waals surface area (Å²) in [6.45, 7) is 3.49. The van der Waals surface area contributed by atoms with Gasteiger partial charge in [0, 0.05) is 19.4 Å². The number of hydrogen-bond acceptors (Lipinski definition) is 7. The highest BCUT2D eigenvalue weighted by Crippen LogP contribution is 2.42. The lowest BCUT2D eigenvalue weighted by Crippen LogP contribution is -2.27. The summed E-state index contributed by atoms with van der Waals surface area (Å²) >= 11 is 0. The molecule has 0 rings (SSSR count). The van der Waals surface area contributed by atoms with Crippen molar-refractivity contribution in [3.8, 4) is 0 Å². The van der Waals surface area contributed by atoms with Crippen molar-refractivity contribution in [1.29, 1.82) is 0 Å².